The molecule has 2 aliphatic rings. The summed E-state index contributed by atoms with van der Waals surface area (Å²) in [6, 6.07) is 16.2. The Kier molecular flexibility index (Phi) is 5.10. The van der Waals surface area contributed by atoms with E-state index in [4.69, 9.17) is 0 Å². The number of benzene rings is 2. The zero-order valence-corrected chi connectivity index (χ0v) is 17.9. The summed E-state index contributed by atoms with van der Waals surface area (Å²) in [6.45, 7) is 1.94. The summed E-state index contributed by atoms with van der Waals surface area (Å²) in [5.41, 5.74) is 5.50. The monoisotopic (exact) mass is 424 g/mol. The van der Waals surface area contributed by atoms with Crippen molar-refractivity contribution in [1.29, 1.82) is 0 Å². The quantitative estimate of drug-likeness (QED) is 0.369. The Morgan fingerprint density at radius 1 is 0.969 bits per heavy atom. The average molecular weight is 425 g/mol. The lowest BCUT2D eigenvalue weighted by atomic mass is 9.89. The largest absolute Gasteiger partial charge is 0.507 e. The lowest BCUT2D eigenvalue weighted by Crippen LogP contribution is -2.29. The normalized spacial score (nSPS) is 19.8. The molecule has 1 N–H and O–H groups in total. The van der Waals surface area contributed by atoms with E-state index in [1.54, 1.807) is 24.5 Å². The van der Waals surface area contributed by atoms with Gasteiger partial charge in [-0.25, -0.2) is 0 Å². The van der Waals surface area contributed by atoms with Gasteiger partial charge in [0, 0.05) is 23.6 Å². The summed E-state index contributed by atoms with van der Waals surface area (Å²) in [4.78, 5) is 32.0. The molecular formula is C27H24N2O3. The number of nitrogens with zero attached hydrogens (tertiary/aromatic N) is 2. The van der Waals surface area contributed by atoms with E-state index in [1.165, 1.54) is 22.4 Å². The second-order valence-electron chi connectivity index (χ2n) is 8.48. The summed E-state index contributed by atoms with van der Waals surface area (Å²) in [7, 11) is 0. The molecule has 0 radical (unpaired) electrons. The first-order valence-electron chi connectivity index (χ1n) is 10.9. The molecule has 160 valence electrons. The van der Waals surface area contributed by atoms with Crippen LogP contribution in [0.5, 0.6) is 0 Å². The predicted molar refractivity (Wildman–Crippen MR) is 123 cm³/mol. The number of aryl methyl sites for hydroxylation is 3. The number of carbonyl (C=O) groups excluding carboxylic acids is 2. The number of carbonyl (C=O) groups is 2. The highest BCUT2D eigenvalue weighted by molar-refractivity contribution is 6.51. The standard InChI is InChI=1S/C27H24N2O3/c1-17-5-4-8-22(15-17)29-24(19-11-13-28-14-12-19)23(26(31)27(29)32)25(30)21-10-9-18-6-2-3-7-20(18)16-21/h4-5,8-16,24,30H,2-3,6-7H2,1H3/b25-23-. The molecule has 1 fully saturated rings. The summed E-state index contributed by atoms with van der Waals surface area (Å²) in [6.07, 6.45) is 7.54. The maximum Gasteiger partial charge on any atom is 0.300 e. The number of anilines is 1. The molecule has 2 aromatic carbocycles. The average Bonchev–Trinajstić information content (AvgIpc) is 3.09. The Hall–Kier alpha value is -3.73. The number of fused-ring (bicyclic) bond motifs is 1. The van der Waals surface area contributed by atoms with Crippen molar-refractivity contribution < 1.29 is 14.7 Å². The Balaban J connectivity index is 1.69. The molecule has 3 aromatic rings. The van der Waals surface area contributed by atoms with E-state index in [0.29, 0.717) is 11.3 Å². The van der Waals surface area contributed by atoms with Crippen LogP contribution >= 0.6 is 0 Å². The Morgan fingerprint density at radius 2 is 1.72 bits per heavy atom. The minimum Gasteiger partial charge on any atom is -0.507 e. The molecule has 5 nitrogen and oxygen atoms in total. The fourth-order valence-corrected chi connectivity index (χ4v) is 4.77. The predicted octanol–water partition coefficient (Wildman–Crippen LogP) is 4.90. The molecule has 0 bridgehead atoms. The van der Waals surface area contributed by atoms with Gasteiger partial charge in [-0.05, 0) is 85.2 Å². The first kappa shape index (κ1) is 20.2. The number of Topliss-reactive ketones (excluding diaryl/α,β-unsaturated/α-hetero) is 1. The molecule has 5 rings (SSSR count). The molecular weight excluding hydrogens is 400 g/mol. The number of rotatable bonds is 3. The van der Waals surface area contributed by atoms with Crippen LogP contribution in [0.4, 0.5) is 5.69 Å². The van der Waals surface area contributed by atoms with Crippen LogP contribution in [0.3, 0.4) is 0 Å². The van der Waals surface area contributed by atoms with Crippen LogP contribution in [0.1, 0.15) is 46.7 Å². The zero-order chi connectivity index (χ0) is 22.2. The molecule has 32 heavy (non-hydrogen) atoms. The third-order valence-electron chi connectivity index (χ3n) is 6.37. The molecule has 0 spiro atoms. The fourth-order valence-electron chi connectivity index (χ4n) is 4.77. The van der Waals surface area contributed by atoms with Gasteiger partial charge >= 0.3 is 0 Å². The van der Waals surface area contributed by atoms with Gasteiger partial charge in [0.15, 0.2) is 0 Å². The van der Waals surface area contributed by atoms with Gasteiger partial charge in [0.1, 0.15) is 5.76 Å². The maximum atomic E-state index is 13.2. The van der Waals surface area contributed by atoms with Crippen LogP contribution in [0.2, 0.25) is 0 Å². The molecule has 1 aliphatic heterocycles. The SMILES string of the molecule is Cc1cccc(N2C(=O)C(=O)/C(=C(\O)c3ccc4c(c3)CCCC4)C2c2ccncc2)c1. The van der Waals surface area contributed by atoms with E-state index in [-0.39, 0.29) is 11.3 Å². The molecule has 5 heteroatoms. The lowest BCUT2D eigenvalue weighted by Gasteiger charge is -2.25. The van der Waals surface area contributed by atoms with Crippen molar-refractivity contribution in [3.8, 4) is 0 Å². The van der Waals surface area contributed by atoms with Gasteiger partial charge in [-0.15, -0.1) is 0 Å². The second-order valence-corrected chi connectivity index (χ2v) is 8.48. The Morgan fingerprint density at radius 3 is 2.47 bits per heavy atom. The van der Waals surface area contributed by atoms with E-state index in [9.17, 15) is 14.7 Å². The summed E-state index contributed by atoms with van der Waals surface area (Å²) < 4.78 is 0. The number of hydrogen-bond acceptors (Lipinski definition) is 4. The lowest BCUT2D eigenvalue weighted by molar-refractivity contribution is -0.132. The maximum absolute atomic E-state index is 13.2. The summed E-state index contributed by atoms with van der Waals surface area (Å²) in [5.74, 6) is -1.45. The Labute approximate surface area is 187 Å². The van der Waals surface area contributed by atoms with Crippen molar-refractivity contribution in [2.45, 2.75) is 38.6 Å². The number of amides is 1. The van der Waals surface area contributed by atoms with Gasteiger partial charge in [-0.1, -0.05) is 24.3 Å². The summed E-state index contributed by atoms with van der Waals surface area (Å²) in [5, 5.41) is 11.3. The second kappa shape index (κ2) is 8.08. The van der Waals surface area contributed by atoms with Crippen LogP contribution in [0.25, 0.3) is 5.76 Å². The van der Waals surface area contributed by atoms with Gasteiger partial charge < -0.3 is 5.11 Å². The van der Waals surface area contributed by atoms with Crippen LogP contribution in [-0.2, 0) is 22.4 Å². The van der Waals surface area contributed by atoms with E-state index in [0.717, 1.165) is 30.4 Å². The van der Waals surface area contributed by atoms with Gasteiger partial charge in [0.2, 0.25) is 0 Å². The molecule has 1 amide bonds. The Bertz CT molecular complexity index is 1250. The van der Waals surface area contributed by atoms with Crippen LogP contribution < -0.4 is 4.90 Å². The number of aliphatic hydroxyl groups is 1. The van der Waals surface area contributed by atoms with Crippen molar-refractivity contribution in [2.75, 3.05) is 4.90 Å². The van der Waals surface area contributed by atoms with Crippen LogP contribution in [0.15, 0.2) is 72.6 Å². The van der Waals surface area contributed by atoms with Crippen LogP contribution in [0, 0.1) is 6.92 Å². The minimum atomic E-state index is -0.726. The smallest absolute Gasteiger partial charge is 0.300 e. The van der Waals surface area contributed by atoms with Crippen molar-refractivity contribution in [2.24, 2.45) is 0 Å². The number of hydrogen-bond donors (Lipinski definition) is 1. The molecule has 1 atom stereocenters. The van der Waals surface area contributed by atoms with Crippen molar-refractivity contribution >= 4 is 23.1 Å². The molecule has 1 aromatic heterocycles. The highest BCUT2D eigenvalue weighted by Gasteiger charge is 2.47. The number of ketones is 1. The third kappa shape index (κ3) is 3.40. The third-order valence-corrected chi connectivity index (χ3v) is 6.37. The molecule has 1 aliphatic carbocycles. The van der Waals surface area contributed by atoms with Crippen molar-refractivity contribution in [3.63, 3.8) is 0 Å². The van der Waals surface area contributed by atoms with Crippen LogP contribution in [-0.4, -0.2) is 21.8 Å². The summed E-state index contributed by atoms with van der Waals surface area (Å²) >= 11 is 0. The van der Waals surface area contributed by atoms with Gasteiger partial charge in [-0.2, -0.15) is 0 Å². The highest BCUT2D eigenvalue weighted by atomic mass is 16.3. The van der Waals surface area contributed by atoms with Gasteiger partial charge in [0.25, 0.3) is 11.7 Å². The van der Waals surface area contributed by atoms with Crippen molar-refractivity contribution in [1.82, 2.24) is 4.98 Å². The first-order valence-corrected chi connectivity index (χ1v) is 10.9. The fraction of sp³-hybridized carbons (Fsp3) is 0.222. The topological polar surface area (TPSA) is 70.5 Å². The molecule has 1 saturated heterocycles. The van der Waals surface area contributed by atoms with Gasteiger partial charge in [-0.3, -0.25) is 19.5 Å². The molecule has 1 unspecified atom stereocenters. The van der Waals surface area contributed by atoms with Gasteiger partial charge in [0.05, 0.1) is 11.6 Å². The van der Waals surface area contributed by atoms with E-state index >= 15 is 0 Å². The number of pyridine rings is 1. The first-order chi connectivity index (χ1) is 15.5. The molecule has 0 saturated carbocycles. The molecule has 2 heterocycles. The van der Waals surface area contributed by atoms with E-state index in [1.807, 2.05) is 49.4 Å². The number of aliphatic hydroxyl groups excluding tert-OH is 1. The van der Waals surface area contributed by atoms with E-state index in [2.05, 4.69) is 4.98 Å². The highest BCUT2D eigenvalue weighted by Crippen LogP contribution is 2.42. The van der Waals surface area contributed by atoms with Crippen molar-refractivity contribution in [3.05, 3.63) is 100 Å². The van der Waals surface area contributed by atoms with E-state index < -0.39 is 17.7 Å². The zero-order valence-electron chi connectivity index (χ0n) is 17.9. The minimum absolute atomic E-state index is 0.110. The number of aromatic nitrogens is 1.